The fourth-order valence-corrected chi connectivity index (χ4v) is 3.95. The summed E-state index contributed by atoms with van der Waals surface area (Å²) in [6.07, 6.45) is 0. The molecule has 1 unspecified atom stereocenters. The lowest BCUT2D eigenvalue weighted by Gasteiger charge is -2.38. The minimum atomic E-state index is -0.558. The number of hydrogen-bond donors (Lipinski definition) is 0. The Morgan fingerprint density at radius 2 is 1.84 bits per heavy atom. The molecular weight excluding hydrogens is 360 g/mol. The highest BCUT2D eigenvalue weighted by Gasteiger charge is 2.33. The summed E-state index contributed by atoms with van der Waals surface area (Å²) in [5.74, 6) is -0.298. The number of amides is 1. The summed E-state index contributed by atoms with van der Waals surface area (Å²) in [4.78, 5) is 29.4. The van der Waals surface area contributed by atoms with Crippen molar-refractivity contribution in [3.63, 3.8) is 0 Å². The number of thiophene rings is 1. The highest BCUT2D eigenvalue weighted by molar-refractivity contribution is 7.12. The standard InChI is InChI=1S/C18H19ClN2O3S/c1-24-18(23)16(13-5-2-3-6-14(13)19)20-8-10-21(11-9-20)17(22)15-7-4-12-25-15/h2-7,12,16H,8-11H2,1H3. The average Bonchev–Trinajstić information content (AvgIpc) is 3.18. The summed E-state index contributed by atoms with van der Waals surface area (Å²) < 4.78 is 4.99. The molecule has 0 bridgehead atoms. The fraction of sp³-hybridized carbons (Fsp3) is 0.333. The van der Waals surface area contributed by atoms with Crippen LogP contribution >= 0.6 is 22.9 Å². The van der Waals surface area contributed by atoms with Crippen molar-refractivity contribution < 1.29 is 14.3 Å². The van der Waals surface area contributed by atoms with Crippen molar-refractivity contribution in [2.24, 2.45) is 0 Å². The van der Waals surface area contributed by atoms with Crippen molar-refractivity contribution in [1.82, 2.24) is 9.80 Å². The molecule has 1 aliphatic rings. The largest absolute Gasteiger partial charge is 0.468 e. The molecule has 0 N–H and O–H groups in total. The van der Waals surface area contributed by atoms with E-state index in [1.165, 1.54) is 18.4 Å². The first-order valence-electron chi connectivity index (χ1n) is 8.01. The average molecular weight is 379 g/mol. The van der Waals surface area contributed by atoms with Gasteiger partial charge in [-0.2, -0.15) is 0 Å². The summed E-state index contributed by atoms with van der Waals surface area (Å²) in [6.45, 7) is 2.30. The number of hydrogen-bond acceptors (Lipinski definition) is 5. The van der Waals surface area contributed by atoms with Crippen molar-refractivity contribution >= 4 is 34.8 Å². The van der Waals surface area contributed by atoms with Crippen LogP contribution < -0.4 is 0 Å². The van der Waals surface area contributed by atoms with Crippen LogP contribution in [-0.2, 0) is 9.53 Å². The van der Waals surface area contributed by atoms with Gasteiger partial charge in [-0.15, -0.1) is 11.3 Å². The lowest BCUT2D eigenvalue weighted by molar-refractivity contribution is -0.148. The number of methoxy groups -OCH3 is 1. The van der Waals surface area contributed by atoms with E-state index >= 15 is 0 Å². The number of halogens is 1. The lowest BCUT2D eigenvalue weighted by Crippen LogP contribution is -2.51. The van der Waals surface area contributed by atoms with Gasteiger partial charge in [0.1, 0.15) is 6.04 Å². The first-order valence-corrected chi connectivity index (χ1v) is 9.26. The molecule has 2 heterocycles. The molecule has 2 aromatic rings. The molecule has 0 aliphatic carbocycles. The number of benzene rings is 1. The van der Waals surface area contributed by atoms with Crippen LogP contribution in [0.15, 0.2) is 41.8 Å². The summed E-state index contributed by atoms with van der Waals surface area (Å²) in [5.41, 5.74) is 0.731. The number of rotatable bonds is 4. The number of carbonyl (C=O) groups excluding carboxylic acids is 2. The van der Waals surface area contributed by atoms with Crippen LogP contribution in [0.4, 0.5) is 0 Å². The van der Waals surface area contributed by atoms with Gasteiger partial charge >= 0.3 is 5.97 Å². The van der Waals surface area contributed by atoms with Crippen LogP contribution in [0, 0.1) is 0 Å². The summed E-state index contributed by atoms with van der Waals surface area (Å²) >= 11 is 7.73. The molecule has 1 fully saturated rings. The molecule has 1 amide bonds. The minimum absolute atomic E-state index is 0.0435. The molecule has 0 saturated carbocycles. The first kappa shape index (κ1) is 17.9. The highest BCUT2D eigenvalue weighted by Crippen LogP contribution is 2.29. The third kappa shape index (κ3) is 3.86. The predicted molar refractivity (Wildman–Crippen MR) is 98.0 cm³/mol. The molecule has 0 radical (unpaired) electrons. The van der Waals surface area contributed by atoms with E-state index in [4.69, 9.17) is 16.3 Å². The quantitative estimate of drug-likeness (QED) is 0.767. The molecule has 1 aliphatic heterocycles. The molecule has 3 rings (SSSR count). The van der Waals surface area contributed by atoms with Crippen molar-refractivity contribution in [1.29, 1.82) is 0 Å². The van der Waals surface area contributed by atoms with Gasteiger partial charge in [-0.3, -0.25) is 9.69 Å². The Morgan fingerprint density at radius 1 is 1.12 bits per heavy atom. The summed E-state index contributed by atoms with van der Waals surface area (Å²) in [7, 11) is 1.38. The summed E-state index contributed by atoms with van der Waals surface area (Å²) in [6, 6.07) is 10.4. The Hall–Kier alpha value is -1.89. The second-order valence-corrected chi connectivity index (χ2v) is 7.11. The second-order valence-electron chi connectivity index (χ2n) is 5.75. The molecule has 5 nitrogen and oxygen atoms in total. The maximum Gasteiger partial charge on any atom is 0.327 e. The Labute approximate surface area is 155 Å². The molecular formula is C18H19ClN2O3S. The smallest absolute Gasteiger partial charge is 0.327 e. The van der Waals surface area contributed by atoms with Crippen LogP contribution in [0.5, 0.6) is 0 Å². The second kappa shape index (κ2) is 7.99. The molecule has 1 saturated heterocycles. The zero-order valence-electron chi connectivity index (χ0n) is 13.9. The molecule has 132 valence electrons. The van der Waals surface area contributed by atoms with E-state index in [1.54, 1.807) is 6.07 Å². The van der Waals surface area contributed by atoms with Crippen molar-refractivity contribution in [3.8, 4) is 0 Å². The van der Waals surface area contributed by atoms with Crippen LogP contribution in [-0.4, -0.2) is 55.0 Å². The van der Waals surface area contributed by atoms with E-state index in [2.05, 4.69) is 0 Å². The molecule has 0 spiro atoms. The van der Waals surface area contributed by atoms with E-state index < -0.39 is 6.04 Å². The van der Waals surface area contributed by atoms with Gasteiger partial charge in [-0.1, -0.05) is 35.9 Å². The number of nitrogens with zero attached hydrogens (tertiary/aromatic N) is 2. The molecule has 1 atom stereocenters. The van der Waals surface area contributed by atoms with Gasteiger partial charge in [-0.25, -0.2) is 4.79 Å². The highest BCUT2D eigenvalue weighted by atomic mass is 35.5. The minimum Gasteiger partial charge on any atom is -0.468 e. The molecule has 1 aromatic carbocycles. The lowest BCUT2D eigenvalue weighted by atomic mass is 10.0. The zero-order chi connectivity index (χ0) is 17.8. The number of carbonyl (C=O) groups is 2. The normalized spacial score (nSPS) is 16.5. The monoisotopic (exact) mass is 378 g/mol. The molecule has 25 heavy (non-hydrogen) atoms. The predicted octanol–water partition coefficient (Wildman–Crippen LogP) is 3.07. The Morgan fingerprint density at radius 3 is 2.44 bits per heavy atom. The van der Waals surface area contributed by atoms with E-state index in [9.17, 15) is 9.59 Å². The van der Waals surface area contributed by atoms with E-state index in [1.807, 2.05) is 45.5 Å². The van der Waals surface area contributed by atoms with Crippen molar-refractivity contribution in [2.45, 2.75) is 6.04 Å². The number of piperazine rings is 1. The Balaban J connectivity index is 1.73. The Bertz CT molecular complexity index is 743. The van der Waals surface area contributed by atoms with Crippen LogP contribution in [0.2, 0.25) is 5.02 Å². The van der Waals surface area contributed by atoms with E-state index in [0.717, 1.165) is 10.4 Å². The Kier molecular flexibility index (Phi) is 5.73. The van der Waals surface area contributed by atoms with Gasteiger partial charge in [0.25, 0.3) is 5.91 Å². The SMILES string of the molecule is COC(=O)C(c1ccccc1Cl)N1CCN(C(=O)c2cccs2)CC1. The third-order valence-corrected chi connectivity index (χ3v) is 5.52. The number of esters is 1. The van der Waals surface area contributed by atoms with Crippen molar-refractivity contribution in [2.75, 3.05) is 33.3 Å². The first-order chi connectivity index (χ1) is 12.1. The van der Waals surface area contributed by atoms with Crippen LogP contribution in [0.25, 0.3) is 0 Å². The van der Waals surface area contributed by atoms with Gasteiger partial charge in [0.2, 0.25) is 0 Å². The molecule has 1 aromatic heterocycles. The van der Waals surface area contributed by atoms with Gasteiger partial charge in [0.15, 0.2) is 0 Å². The van der Waals surface area contributed by atoms with Gasteiger partial charge in [-0.05, 0) is 23.1 Å². The molecule has 7 heteroatoms. The number of ether oxygens (including phenoxy) is 1. The van der Waals surface area contributed by atoms with Crippen LogP contribution in [0.1, 0.15) is 21.3 Å². The fourth-order valence-electron chi connectivity index (χ4n) is 3.02. The zero-order valence-corrected chi connectivity index (χ0v) is 15.4. The van der Waals surface area contributed by atoms with E-state index in [0.29, 0.717) is 31.2 Å². The summed E-state index contributed by atoms with van der Waals surface area (Å²) in [5, 5.41) is 2.43. The van der Waals surface area contributed by atoms with Gasteiger partial charge < -0.3 is 9.64 Å². The van der Waals surface area contributed by atoms with Crippen molar-refractivity contribution in [3.05, 3.63) is 57.2 Å². The third-order valence-electron chi connectivity index (χ3n) is 4.32. The maximum absolute atomic E-state index is 12.5. The van der Waals surface area contributed by atoms with Crippen LogP contribution in [0.3, 0.4) is 0 Å². The van der Waals surface area contributed by atoms with Gasteiger partial charge in [0, 0.05) is 31.2 Å². The maximum atomic E-state index is 12.5. The van der Waals surface area contributed by atoms with E-state index in [-0.39, 0.29) is 11.9 Å². The topological polar surface area (TPSA) is 49.9 Å². The van der Waals surface area contributed by atoms with Gasteiger partial charge in [0.05, 0.1) is 12.0 Å².